The van der Waals surface area contributed by atoms with Gasteiger partial charge in [-0.3, -0.25) is 9.59 Å². The standard InChI is InChI=1S/C29H38N2O5S/c1-6-37(34,35)30-15-13-22(14-16-30)20(3)31-21(4)29(23-9-7-8-10-25(23)31)26(32)12-11-24-27(33)17-19(2)18-28(24)36-5/h7-10,18,20,22H,6,11-17H2,1-5H3/t20-/m1/s1. The third-order valence-electron chi connectivity index (χ3n) is 8.05. The van der Waals surface area contributed by atoms with E-state index in [0.717, 1.165) is 35.0 Å². The smallest absolute Gasteiger partial charge is 0.213 e. The van der Waals surface area contributed by atoms with Gasteiger partial charge in [0.2, 0.25) is 10.0 Å². The average Bonchev–Trinajstić information content (AvgIpc) is 3.18. The molecule has 2 aromatic rings. The minimum atomic E-state index is -3.17. The predicted octanol–water partition coefficient (Wildman–Crippen LogP) is 5.35. The first kappa shape index (κ1) is 27.3. The maximum absolute atomic E-state index is 13.6. The summed E-state index contributed by atoms with van der Waals surface area (Å²) in [5.74, 6) is 1.04. The van der Waals surface area contributed by atoms with Crippen molar-refractivity contribution in [3.63, 3.8) is 0 Å². The first-order valence-corrected chi connectivity index (χ1v) is 14.8. The molecule has 0 unspecified atom stereocenters. The minimum absolute atomic E-state index is 0.0190. The maximum Gasteiger partial charge on any atom is 0.213 e. The second-order valence-electron chi connectivity index (χ2n) is 10.3. The molecule has 0 bridgehead atoms. The van der Waals surface area contributed by atoms with Gasteiger partial charge in [-0.2, -0.15) is 0 Å². The fourth-order valence-electron chi connectivity index (χ4n) is 5.97. The average molecular weight is 527 g/mol. The number of sulfonamides is 1. The molecule has 0 N–H and O–H groups in total. The van der Waals surface area contributed by atoms with Gasteiger partial charge in [0, 0.05) is 59.7 Å². The van der Waals surface area contributed by atoms with E-state index in [0.29, 0.717) is 48.7 Å². The number of para-hydroxylation sites is 1. The number of ether oxygens (including phenoxy) is 1. The molecule has 1 saturated heterocycles. The van der Waals surface area contributed by atoms with Crippen molar-refractivity contribution in [3.05, 3.63) is 58.5 Å². The first-order chi connectivity index (χ1) is 17.6. The summed E-state index contributed by atoms with van der Waals surface area (Å²) in [4.78, 5) is 26.2. The van der Waals surface area contributed by atoms with Crippen LogP contribution in [0, 0.1) is 12.8 Å². The summed E-state index contributed by atoms with van der Waals surface area (Å²) in [6.07, 6.45) is 4.42. The highest BCUT2D eigenvalue weighted by Crippen LogP contribution is 2.37. The number of rotatable bonds is 9. The number of nitrogens with zero attached hydrogens (tertiary/aromatic N) is 2. The molecule has 2 heterocycles. The molecular weight excluding hydrogens is 488 g/mol. The molecule has 0 saturated carbocycles. The highest BCUT2D eigenvalue weighted by Gasteiger charge is 2.32. The minimum Gasteiger partial charge on any atom is -0.496 e. The Hall–Kier alpha value is -2.71. The Morgan fingerprint density at radius 3 is 2.49 bits per heavy atom. The van der Waals surface area contributed by atoms with Crippen molar-refractivity contribution in [2.45, 2.75) is 65.8 Å². The molecule has 0 spiro atoms. The van der Waals surface area contributed by atoms with Crippen LogP contribution in [0.4, 0.5) is 0 Å². The number of hydrogen-bond acceptors (Lipinski definition) is 5. The Morgan fingerprint density at radius 1 is 1.16 bits per heavy atom. The van der Waals surface area contributed by atoms with E-state index in [1.165, 1.54) is 0 Å². The van der Waals surface area contributed by atoms with Gasteiger partial charge < -0.3 is 9.30 Å². The van der Waals surface area contributed by atoms with Crippen molar-refractivity contribution in [1.82, 2.24) is 8.87 Å². The topological polar surface area (TPSA) is 85.7 Å². The molecule has 2 aliphatic rings. The molecule has 1 atom stereocenters. The molecule has 1 aliphatic heterocycles. The first-order valence-electron chi connectivity index (χ1n) is 13.2. The normalized spacial score (nSPS) is 18.8. The van der Waals surface area contributed by atoms with E-state index < -0.39 is 10.0 Å². The molecule has 200 valence electrons. The van der Waals surface area contributed by atoms with Crippen molar-refractivity contribution >= 4 is 32.5 Å². The molecule has 0 radical (unpaired) electrons. The molecule has 1 aliphatic carbocycles. The highest BCUT2D eigenvalue weighted by molar-refractivity contribution is 7.89. The number of hydrogen-bond donors (Lipinski definition) is 0. The van der Waals surface area contributed by atoms with Crippen LogP contribution in [-0.2, 0) is 19.6 Å². The van der Waals surface area contributed by atoms with Gasteiger partial charge in [-0.15, -0.1) is 0 Å². The van der Waals surface area contributed by atoms with Crippen molar-refractivity contribution < 1.29 is 22.7 Å². The summed E-state index contributed by atoms with van der Waals surface area (Å²) in [6, 6.07) is 8.10. The summed E-state index contributed by atoms with van der Waals surface area (Å²) in [5.41, 5.74) is 4.20. The zero-order valence-electron chi connectivity index (χ0n) is 22.5. The van der Waals surface area contributed by atoms with Crippen molar-refractivity contribution in [3.8, 4) is 0 Å². The largest absolute Gasteiger partial charge is 0.496 e. The Morgan fingerprint density at radius 2 is 1.84 bits per heavy atom. The number of ketones is 2. The second-order valence-corrected chi connectivity index (χ2v) is 12.5. The lowest BCUT2D eigenvalue weighted by molar-refractivity contribution is -0.115. The molecule has 37 heavy (non-hydrogen) atoms. The molecular formula is C29H38N2O5S. The van der Waals surface area contributed by atoms with E-state index in [1.807, 2.05) is 38.1 Å². The molecule has 1 aromatic heterocycles. The van der Waals surface area contributed by atoms with Gasteiger partial charge in [-0.05, 0) is 65.0 Å². The van der Waals surface area contributed by atoms with Crippen molar-refractivity contribution in [2.24, 2.45) is 5.92 Å². The maximum atomic E-state index is 13.6. The van der Waals surface area contributed by atoms with Crippen LogP contribution >= 0.6 is 0 Å². The lowest BCUT2D eigenvalue weighted by Crippen LogP contribution is -2.40. The van der Waals surface area contributed by atoms with Crippen LogP contribution in [0.15, 0.2) is 47.2 Å². The SMILES string of the molecule is CCS(=O)(=O)N1CCC([C@@H](C)n2c(C)c(C(=O)CCC3=C(OC)C=C(C)CC3=O)c3ccccc32)CC1. The Bertz CT molecular complexity index is 1370. The quantitative estimate of drug-likeness (QED) is 0.411. The Kier molecular flexibility index (Phi) is 8.09. The number of piperidine rings is 1. The van der Waals surface area contributed by atoms with E-state index in [-0.39, 0.29) is 29.8 Å². The van der Waals surface area contributed by atoms with Crippen LogP contribution in [-0.4, -0.2) is 54.8 Å². The van der Waals surface area contributed by atoms with E-state index in [1.54, 1.807) is 18.3 Å². The van der Waals surface area contributed by atoms with Crippen molar-refractivity contribution in [1.29, 1.82) is 0 Å². The number of aromatic nitrogens is 1. The monoisotopic (exact) mass is 526 g/mol. The molecule has 1 fully saturated rings. The zero-order valence-corrected chi connectivity index (χ0v) is 23.4. The lowest BCUT2D eigenvalue weighted by Gasteiger charge is -2.35. The van der Waals surface area contributed by atoms with E-state index >= 15 is 0 Å². The fraction of sp³-hybridized carbons (Fsp3) is 0.517. The number of Topliss-reactive ketones (excluding diaryl/α,β-unsaturated/α-hetero) is 2. The molecule has 0 amide bonds. The number of methoxy groups -OCH3 is 1. The molecule has 4 rings (SSSR count). The molecule has 7 nitrogen and oxygen atoms in total. The third-order valence-corrected chi connectivity index (χ3v) is 9.94. The third kappa shape index (κ3) is 5.32. The van der Waals surface area contributed by atoms with Crippen LogP contribution in [0.2, 0.25) is 0 Å². The van der Waals surface area contributed by atoms with Crippen LogP contribution in [0.1, 0.15) is 75.0 Å². The van der Waals surface area contributed by atoms with Gasteiger partial charge in [-0.1, -0.05) is 23.8 Å². The fourth-order valence-corrected chi connectivity index (χ4v) is 7.10. The summed E-state index contributed by atoms with van der Waals surface area (Å²) in [6.45, 7) is 8.84. The van der Waals surface area contributed by atoms with Crippen LogP contribution in [0.25, 0.3) is 10.9 Å². The Balaban J connectivity index is 1.59. The molecule has 1 aromatic carbocycles. The Labute approximate surface area is 220 Å². The summed E-state index contributed by atoms with van der Waals surface area (Å²) >= 11 is 0. The molecule has 8 heteroatoms. The lowest BCUT2D eigenvalue weighted by atomic mass is 9.90. The van der Waals surface area contributed by atoms with Crippen molar-refractivity contribution in [2.75, 3.05) is 26.0 Å². The summed E-state index contributed by atoms with van der Waals surface area (Å²) in [5, 5.41) is 0.925. The van der Waals surface area contributed by atoms with E-state index in [4.69, 9.17) is 4.74 Å². The van der Waals surface area contributed by atoms with Gasteiger partial charge in [-0.25, -0.2) is 12.7 Å². The van der Waals surface area contributed by atoms with E-state index in [2.05, 4.69) is 17.6 Å². The summed E-state index contributed by atoms with van der Waals surface area (Å²) < 4.78 is 33.9. The predicted molar refractivity (Wildman–Crippen MR) is 146 cm³/mol. The van der Waals surface area contributed by atoms with Gasteiger partial charge in [0.05, 0.1) is 12.9 Å². The number of fused-ring (bicyclic) bond motifs is 1. The second kappa shape index (κ2) is 11.0. The number of benzene rings is 1. The number of carbonyl (C=O) groups is 2. The van der Waals surface area contributed by atoms with Crippen LogP contribution in [0.3, 0.4) is 0 Å². The van der Waals surface area contributed by atoms with E-state index in [9.17, 15) is 18.0 Å². The zero-order chi connectivity index (χ0) is 26.9. The summed E-state index contributed by atoms with van der Waals surface area (Å²) in [7, 11) is -1.62. The van der Waals surface area contributed by atoms with Crippen LogP contribution in [0.5, 0.6) is 0 Å². The number of carbonyl (C=O) groups excluding carboxylic acids is 2. The highest BCUT2D eigenvalue weighted by atomic mass is 32.2. The van der Waals surface area contributed by atoms with Gasteiger partial charge in [0.1, 0.15) is 5.76 Å². The van der Waals surface area contributed by atoms with Gasteiger partial charge in [0.25, 0.3) is 0 Å². The van der Waals surface area contributed by atoms with Crippen LogP contribution < -0.4 is 0 Å². The number of allylic oxidation sites excluding steroid dienone is 3. The van der Waals surface area contributed by atoms with Gasteiger partial charge >= 0.3 is 0 Å². The van der Waals surface area contributed by atoms with Gasteiger partial charge in [0.15, 0.2) is 11.6 Å².